The van der Waals surface area contributed by atoms with Gasteiger partial charge >= 0.3 is 0 Å². The summed E-state index contributed by atoms with van der Waals surface area (Å²) in [5, 5.41) is 3.13. The van der Waals surface area contributed by atoms with Gasteiger partial charge in [-0.1, -0.05) is 46.3 Å². The van der Waals surface area contributed by atoms with Crippen molar-refractivity contribution in [2.24, 2.45) is 5.73 Å². The molecule has 26 heavy (non-hydrogen) atoms. The molecule has 132 valence electrons. The van der Waals surface area contributed by atoms with Gasteiger partial charge in [-0.25, -0.2) is 0 Å². The van der Waals surface area contributed by atoms with Gasteiger partial charge in [0.05, 0.1) is 5.56 Å². The van der Waals surface area contributed by atoms with Crippen molar-refractivity contribution in [1.29, 1.82) is 0 Å². The van der Waals surface area contributed by atoms with Crippen molar-refractivity contribution in [3.8, 4) is 16.2 Å². The zero-order chi connectivity index (χ0) is 18.5. The molecule has 7 heteroatoms. The van der Waals surface area contributed by atoms with Crippen molar-refractivity contribution in [2.75, 3.05) is 11.9 Å². The third kappa shape index (κ3) is 4.50. The van der Waals surface area contributed by atoms with E-state index in [1.165, 1.54) is 11.3 Å². The molecule has 0 saturated carbocycles. The maximum atomic E-state index is 12.2. The topological polar surface area (TPSA) is 81.4 Å². The molecule has 3 aromatic rings. The summed E-state index contributed by atoms with van der Waals surface area (Å²) in [6, 6.07) is 18.4. The number of carbonyl (C=O) groups excluding carboxylic acids is 2. The Kier molecular flexibility index (Phi) is 5.70. The van der Waals surface area contributed by atoms with Gasteiger partial charge in [-0.15, -0.1) is 11.3 Å². The summed E-state index contributed by atoms with van der Waals surface area (Å²) in [7, 11) is 0. The first-order chi connectivity index (χ1) is 12.5. The Morgan fingerprint density at radius 2 is 1.77 bits per heavy atom. The number of hydrogen-bond donors (Lipinski definition) is 2. The minimum Gasteiger partial charge on any atom is -0.484 e. The summed E-state index contributed by atoms with van der Waals surface area (Å²) in [5.41, 5.74) is 6.68. The van der Waals surface area contributed by atoms with Crippen LogP contribution in [0, 0.1) is 0 Å². The van der Waals surface area contributed by atoms with Gasteiger partial charge in [0.25, 0.3) is 11.8 Å². The highest BCUT2D eigenvalue weighted by molar-refractivity contribution is 9.10. The fourth-order valence-corrected chi connectivity index (χ4v) is 3.60. The van der Waals surface area contributed by atoms with Gasteiger partial charge in [-0.05, 0) is 35.9 Å². The van der Waals surface area contributed by atoms with Gasteiger partial charge in [0.2, 0.25) is 0 Å². The summed E-state index contributed by atoms with van der Waals surface area (Å²) >= 11 is 4.63. The maximum absolute atomic E-state index is 12.2. The quantitative estimate of drug-likeness (QED) is 0.611. The molecule has 0 fully saturated rings. The van der Waals surface area contributed by atoms with Crippen LogP contribution >= 0.6 is 27.3 Å². The Labute approximate surface area is 162 Å². The van der Waals surface area contributed by atoms with Gasteiger partial charge in [0, 0.05) is 9.35 Å². The number of rotatable bonds is 6. The van der Waals surface area contributed by atoms with Gasteiger partial charge < -0.3 is 15.8 Å². The standard InChI is InChI=1S/C19H15BrN2O3S/c20-13-6-8-14(9-7-13)25-11-17(23)22-19-15(18(21)24)10-16(26-19)12-4-2-1-3-5-12/h1-10H,11H2,(H2,21,24)(H,22,23). The van der Waals surface area contributed by atoms with E-state index in [4.69, 9.17) is 10.5 Å². The Hall–Kier alpha value is -2.64. The molecule has 0 aliphatic heterocycles. The van der Waals surface area contributed by atoms with Crippen molar-refractivity contribution >= 4 is 44.1 Å². The molecule has 0 atom stereocenters. The second-order valence-corrected chi connectivity index (χ2v) is 7.34. The van der Waals surface area contributed by atoms with E-state index in [1.54, 1.807) is 18.2 Å². The number of anilines is 1. The number of halogens is 1. The van der Waals surface area contributed by atoms with Crippen molar-refractivity contribution in [3.05, 3.63) is 70.7 Å². The van der Waals surface area contributed by atoms with Crippen LogP contribution in [-0.4, -0.2) is 18.4 Å². The molecule has 2 aromatic carbocycles. The molecule has 0 radical (unpaired) electrons. The van der Waals surface area contributed by atoms with Gasteiger partial charge in [-0.2, -0.15) is 0 Å². The van der Waals surface area contributed by atoms with Gasteiger partial charge in [0.1, 0.15) is 10.8 Å². The zero-order valence-corrected chi connectivity index (χ0v) is 16.0. The van der Waals surface area contributed by atoms with Crippen molar-refractivity contribution in [1.82, 2.24) is 0 Å². The monoisotopic (exact) mass is 430 g/mol. The number of hydrogen-bond acceptors (Lipinski definition) is 4. The fraction of sp³-hybridized carbons (Fsp3) is 0.0526. The molecule has 0 aliphatic carbocycles. The summed E-state index contributed by atoms with van der Waals surface area (Å²) in [5.74, 6) is -0.376. The van der Waals surface area contributed by atoms with E-state index < -0.39 is 5.91 Å². The first kappa shape index (κ1) is 18.2. The second kappa shape index (κ2) is 8.16. The Morgan fingerprint density at radius 3 is 2.42 bits per heavy atom. The zero-order valence-electron chi connectivity index (χ0n) is 13.6. The number of nitrogens with two attached hydrogens (primary N) is 1. The van der Waals surface area contributed by atoms with Crippen LogP contribution in [0.5, 0.6) is 5.75 Å². The number of carbonyl (C=O) groups is 2. The van der Waals surface area contributed by atoms with Crippen LogP contribution < -0.4 is 15.8 Å². The first-order valence-electron chi connectivity index (χ1n) is 7.70. The van der Waals surface area contributed by atoms with Gasteiger partial charge in [0.15, 0.2) is 6.61 Å². The molecule has 0 aliphatic rings. The molecule has 0 saturated heterocycles. The Morgan fingerprint density at radius 1 is 1.08 bits per heavy atom. The highest BCUT2D eigenvalue weighted by atomic mass is 79.9. The third-order valence-corrected chi connectivity index (χ3v) is 5.12. The molecule has 0 unspecified atom stereocenters. The molecular weight excluding hydrogens is 416 g/mol. The molecule has 0 bridgehead atoms. The maximum Gasteiger partial charge on any atom is 0.262 e. The second-order valence-electron chi connectivity index (χ2n) is 5.37. The third-order valence-electron chi connectivity index (χ3n) is 3.49. The van der Waals surface area contributed by atoms with E-state index in [9.17, 15) is 9.59 Å². The van der Waals surface area contributed by atoms with E-state index in [0.29, 0.717) is 10.8 Å². The van der Waals surface area contributed by atoms with E-state index >= 15 is 0 Å². The minimum atomic E-state index is -0.590. The lowest BCUT2D eigenvalue weighted by molar-refractivity contribution is -0.118. The van der Waals surface area contributed by atoms with Crippen molar-refractivity contribution in [3.63, 3.8) is 0 Å². The number of primary amides is 1. The average Bonchev–Trinajstić information content (AvgIpc) is 3.06. The molecular formula is C19H15BrN2O3S. The molecule has 2 amide bonds. The summed E-state index contributed by atoms with van der Waals surface area (Å²) in [6.07, 6.45) is 0. The first-order valence-corrected chi connectivity index (χ1v) is 9.31. The van der Waals surface area contributed by atoms with E-state index in [-0.39, 0.29) is 18.1 Å². The summed E-state index contributed by atoms with van der Waals surface area (Å²) < 4.78 is 6.37. The van der Waals surface area contributed by atoms with E-state index in [2.05, 4.69) is 21.2 Å². The molecule has 1 heterocycles. The van der Waals surface area contributed by atoms with Crippen LogP contribution in [-0.2, 0) is 4.79 Å². The van der Waals surface area contributed by atoms with Crippen LogP contribution in [0.4, 0.5) is 5.00 Å². The van der Waals surface area contributed by atoms with Crippen LogP contribution in [0.15, 0.2) is 65.1 Å². The number of thiophene rings is 1. The molecule has 3 rings (SSSR count). The van der Waals surface area contributed by atoms with Crippen molar-refractivity contribution < 1.29 is 14.3 Å². The van der Waals surface area contributed by atoms with Crippen LogP contribution in [0.3, 0.4) is 0 Å². The largest absolute Gasteiger partial charge is 0.484 e. The summed E-state index contributed by atoms with van der Waals surface area (Å²) in [6.45, 7) is -0.168. The van der Waals surface area contributed by atoms with Crippen LogP contribution in [0.1, 0.15) is 10.4 Å². The SMILES string of the molecule is NC(=O)c1cc(-c2ccccc2)sc1NC(=O)COc1ccc(Br)cc1. The predicted octanol–water partition coefficient (Wildman–Crippen LogP) is 4.29. The average molecular weight is 431 g/mol. The van der Waals surface area contributed by atoms with E-state index in [1.807, 2.05) is 42.5 Å². The molecule has 3 N–H and O–H groups in total. The predicted molar refractivity (Wildman–Crippen MR) is 107 cm³/mol. The lowest BCUT2D eigenvalue weighted by atomic mass is 10.1. The normalized spacial score (nSPS) is 10.3. The highest BCUT2D eigenvalue weighted by Gasteiger charge is 2.17. The molecule has 5 nitrogen and oxygen atoms in total. The number of nitrogens with one attached hydrogen (secondary N) is 1. The van der Waals surface area contributed by atoms with Crippen LogP contribution in [0.2, 0.25) is 0 Å². The lowest BCUT2D eigenvalue weighted by Gasteiger charge is -2.07. The smallest absolute Gasteiger partial charge is 0.262 e. The number of amides is 2. The number of benzene rings is 2. The van der Waals surface area contributed by atoms with Gasteiger partial charge in [-0.3, -0.25) is 9.59 Å². The number of ether oxygens (including phenoxy) is 1. The fourth-order valence-electron chi connectivity index (χ4n) is 2.25. The van der Waals surface area contributed by atoms with Crippen LogP contribution in [0.25, 0.3) is 10.4 Å². The van der Waals surface area contributed by atoms with Crippen molar-refractivity contribution in [2.45, 2.75) is 0 Å². The molecule has 1 aromatic heterocycles. The highest BCUT2D eigenvalue weighted by Crippen LogP contribution is 2.35. The Bertz CT molecular complexity index is 924. The van der Waals surface area contributed by atoms with E-state index in [0.717, 1.165) is 14.9 Å². The molecule has 0 spiro atoms. The minimum absolute atomic E-state index is 0.168. The Balaban J connectivity index is 1.71. The summed E-state index contributed by atoms with van der Waals surface area (Å²) in [4.78, 5) is 24.7. The lowest BCUT2D eigenvalue weighted by Crippen LogP contribution is -2.21.